The number of H-pyrrole nitrogens is 2. The number of benzene rings is 1. The predicted octanol–water partition coefficient (Wildman–Crippen LogP) is 2.92. The summed E-state index contributed by atoms with van der Waals surface area (Å²) in [5.74, 6) is 0. The molecule has 20 heavy (non-hydrogen) atoms. The van der Waals surface area contributed by atoms with E-state index in [1.807, 2.05) is 36.9 Å². The Balaban J connectivity index is 2.33. The van der Waals surface area contributed by atoms with Gasteiger partial charge < -0.3 is 9.97 Å². The molecule has 5 nitrogen and oxygen atoms in total. The summed E-state index contributed by atoms with van der Waals surface area (Å²) < 4.78 is 1.95. The highest BCUT2D eigenvalue weighted by Crippen LogP contribution is 2.32. The summed E-state index contributed by atoms with van der Waals surface area (Å²) in [5.41, 5.74) is 5.70. The van der Waals surface area contributed by atoms with Crippen LogP contribution in [0.1, 0.15) is 31.1 Å². The van der Waals surface area contributed by atoms with Crippen molar-refractivity contribution in [2.24, 2.45) is 0 Å². The molecule has 3 rings (SSSR count). The summed E-state index contributed by atoms with van der Waals surface area (Å²) in [7, 11) is 0. The van der Waals surface area contributed by atoms with Crippen LogP contribution in [0, 0.1) is 13.8 Å². The SMILES string of the molecule is Cc1ccc2[nH]c(=O)[nH]c2c1-c1cn(C(C)C)nc1C. The highest BCUT2D eigenvalue weighted by molar-refractivity contribution is 5.94. The van der Waals surface area contributed by atoms with Crippen molar-refractivity contribution in [1.29, 1.82) is 0 Å². The number of nitrogens with zero attached hydrogens (tertiary/aromatic N) is 2. The van der Waals surface area contributed by atoms with Gasteiger partial charge in [-0.25, -0.2) is 4.79 Å². The summed E-state index contributed by atoms with van der Waals surface area (Å²) in [5, 5.41) is 4.56. The molecule has 0 aliphatic carbocycles. The fourth-order valence-electron chi connectivity index (χ4n) is 2.55. The van der Waals surface area contributed by atoms with Crippen molar-refractivity contribution < 1.29 is 0 Å². The van der Waals surface area contributed by atoms with E-state index in [-0.39, 0.29) is 5.69 Å². The van der Waals surface area contributed by atoms with E-state index < -0.39 is 0 Å². The lowest BCUT2D eigenvalue weighted by atomic mass is 10.00. The van der Waals surface area contributed by atoms with Crippen molar-refractivity contribution in [3.05, 3.63) is 40.1 Å². The number of imidazole rings is 1. The molecule has 2 aromatic heterocycles. The Hall–Kier alpha value is -2.30. The van der Waals surface area contributed by atoms with Gasteiger partial charge in [0.15, 0.2) is 0 Å². The Morgan fingerprint density at radius 3 is 2.60 bits per heavy atom. The van der Waals surface area contributed by atoms with Crippen LogP contribution >= 0.6 is 0 Å². The second-order valence-corrected chi connectivity index (χ2v) is 5.46. The van der Waals surface area contributed by atoms with Crippen molar-refractivity contribution >= 4 is 11.0 Å². The van der Waals surface area contributed by atoms with Crippen LogP contribution in [0.5, 0.6) is 0 Å². The minimum absolute atomic E-state index is 0.180. The van der Waals surface area contributed by atoms with Gasteiger partial charge in [-0.05, 0) is 39.3 Å². The standard InChI is InChI=1S/C15H18N4O/c1-8(2)19-7-11(10(4)18-19)13-9(3)5-6-12-14(13)17-15(20)16-12/h5-8H,1-4H3,(H2,16,17,20). The molecule has 2 heterocycles. The van der Waals surface area contributed by atoms with Gasteiger partial charge in [-0.1, -0.05) is 6.07 Å². The van der Waals surface area contributed by atoms with Gasteiger partial charge in [0, 0.05) is 23.4 Å². The maximum absolute atomic E-state index is 11.6. The lowest BCUT2D eigenvalue weighted by molar-refractivity contribution is 0.529. The quantitative estimate of drug-likeness (QED) is 0.752. The van der Waals surface area contributed by atoms with Gasteiger partial charge in [-0.3, -0.25) is 4.68 Å². The molecule has 2 N–H and O–H groups in total. The smallest absolute Gasteiger partial charge is 0.306 e. The Bertz CT molecular complexity index is 835. The van der Waals surface area contributed by atoms with Gasteiger partial charge in [0.05, 0.1) is 16.7 Å². The van der Waals surface area contributed by atoms with Crippen LogP contribution in [0.15, 0.2) is 23.1 Å². The van der Waals surface area contributed by atoms with Crippen LogP contribution in [0.25, 0.3) is 22.2 Å². The summed E-state index contributed by atoms with van der Waals surface area (Å²) in [4.78, 5) is 17.2. The van der Waals surface area contributed by atoms with Crippen LogP contribution in [0.4, 0.5) is 0 Å². The molecule has 5 heteroatoms. The monoisotopic (exact) mass is 270 g/mol. The first kappa shape index (κ1) is 12.7. The predicted molar refractivity (Wildman–Crippen MR) is 80.0 cm³/mol. The fraction of sp³-hybridized carbons (Fsp3) is 0.333. The number of hydrogen-bond donors (Lipinski definition) is 2. The zero-order valence-corrected chi connectivity index (χ0v) is 12.1. The third kappa shape index (κ3) is 1.86. The van der Waals surface area contributed by atoms with Crippen LogP contribution in [0.3, 0.4) is 0 Å². The number of aryl methyl sites for hydroxylation is 2. The van der Waals surface area contributed by atoms with Crippen molar-refractivity contribution in [3.63, 3.8) is 0 Å². The topological polar surface area (TPSA) is 66.5 Å². The van der Waals surface area contributed by atoms with Crippen LogP contribution in [-0.4, -0.2) is 19.7 Å². The summed E-state index contributed by atoms with van der Waals surface area (Å²) in [6, 6.07) is 4.26. The van der Waals surface area contributed by atoms with E-state index in [1.165, 1.54) is 0 Å². The molecule has 0 saturated carbocycles. The maximum atomic E-state index is 11.6. The number of rotatable bonds is 2. The van der Waals surface area contributed by atoms with Gasteiger partial charge in [0.2, 0.25) is 0 Å². The van der Waals surface area contributed by atoms with Crippen molar-refractivity contribution in [2.45, 2.75) is 33.7 Å². The molecular weight excluding hydrogens is 252 g/mol. The Morgan fingerprint density at radius 2 is 1.95 bits per heavy atom. The van der Waals surface area contributed by atoms with E-state index >= 15 is 0 Å². The first-order chi connectivity index (χ1) is 9.47. The molecule has 0 amide bonds. The molecule has 0 atom stereocenters. The summed E-state index contributed by atoms with van der Waals surface area (Å²) in [6.45, 7) is 8.24. The lowest BCUT2D eigenvalue weighted by Crippen LogP contribution is -2.00. The van der Waals surface area contributed by atoms with E-state index in [1.54, 1.807) is 0 Å². The third-order valence-electron chi connectivity index (χ3n) is 3.62. The Kier molecular flexibility index (Phi) is 2.78. The minimum Gasteiger partial charge on any atom is -0.306 e. The molecule has 0 aliphatic heterocycles. The number of nitrogens with one attached hydrogen (secondary N) is 2. The molecule has 0 radical (unpaired) electrons. The molecule has 0 bridgehead atoms. The number of fused-ring (bicyclic) bond motifs is 1. The molecule has 104 valence electrons. The average molecular weight is 270 g/mol. The normalized spacial score (nSPS) is 11.7. The molecule has 0 saturated heterocycles. The second kappa shape index (κ2) is 4.37. The third-order valence-corrected chi connectivity index (χ3v) is 3.62. The van der Waals surface area contributed by atoms with E-state index in [0.717, 1.165) is 33.4 Å². The van der Waals surface area contributed by atoms with Crippen molar-refractivity contribution in [2.75, 3.05) is 0 Å². The van der Waals surface area contributed by atoms with Crippen LogP contribution in [-0.2, 0) is 0 Å². The summed E-state index contributed by atoms with van der Waals surface area (Å²) in [6.07, 6.45) is 2.05. The van der Waals surface area contributed by atoms with Gasteiger partial charge in [-0.2, -0.15) is 5.10 Å². The Morgan fingerprint density at radius 1 is 1.20 bits per heavy atom. The molecule has 3 aromatic rings. The second-order valence-electron chi connectivity index (χ2n) is 5.46. The molecule has 0 fully saturated rings. The number of aromatic nitrogens is 4. The first-order valence-electron chi connectivity index (χ1n) is 6.75. The molecule has 1 aromatic carbocycles. The van der Waals surface area contributed by atoms with E-state index in [0.29, 0.717) is 6.04 Å². The fourth-order valence-corrected chi connectivity index (χ4v) is 2.55. The molecule has 0 unspecified atom stereocenters. The highest BCUT2D eigenvalue weighted by atomic mass is 16.1. The zero-order chi connectivity index (χ0) is 14.4. The first-order valence-corrected chi connectivity index (χ1v) is 6.75. The van der Waals surface area contributed by atoms with E-state index in [9.17, 15) is 4.79 Å². The number of aromatic amines is 2. The van der Waals surface area contributed by atoms with Crippen molar-refractivity contribution in [3.8, 4) is 11.1 Å². The van der Waals surface area contributed by atoms with E-state index in [4.69, 9.17) is 0 Å². The van der Waals surface area contributed by atoms with E-state index in [2.05, 4.69) is 28.9 Å². The van der Waals surface area contributed by atoms with Crippen LogP contribution < -0.4 is 5.69 Å². The summed E-state index contributed by atoms with van der Waals surface area (Å²) >= 11 is 0. The highest BCUT2D eigenvalue weighted by Gasteiger charge is 2.15. The Labute approximate surface area is 116 Å². The van der Waals surface area contributed by atoms with Gasteiger partial charge >= 0.3 is 5.69 Å². The van der Waals surface area contributed by atoms with Gasteiger partial charge in [-0.15, -0.1) is 0 Å². The largest absolute Gasteiger partial charge is 0.323 e. The van der Waals surface area contributed by atoms with Crippen molar-refractivity contribution in [1.82, 2.24) is 19.7 Å². The maximum Gasteiger partial charge on any atom is 0.323 e. The molecular formula is C15H18N4O. The van der Waals surface area contributed by atoms with Gasteiger partial charge in [0.25, 0.3) is 0 Å². The molecule has 0 spiro atoms. The lowest BCUT2D eigenvalue weighted by Gasteiger charge is -2.06. The van der Waals surface area contributed by atoms with Gasteiger partial charge in [0.1, 0.15) is 0 Å². The minimum atomic E-state index is -0.180. The zero-order valence-electron chi connectivity index (χ0n) is 12.1. The average Bonchev–Trinajstić information content (AvgIpc) is 2.92. The number of hydrogen-bond acceptors (Lipinski definition) is 2. The van der Waals surface area contributed by atoms with Crippen LogP contribution in [0.2, 0.25) is 0 Å². The molecule has 0 aliphatic rings.